The van der Waals surface area contributed by atoms with Gasteiger partial charge >= 0.3 is 0 Å². The second kappa shape index (κ2) is 6.26. The van der Waals surface area contributed by atoms with Crippen molar-refractivity contribution in [3.8, 4) is 0 Å². The molecule has 1 N–H and O–H groups in total. The topological polar surface area (TPSA) is 62.9 Å². The summed E-state index contributed by atoms with van der Waals surface area (Å²) >= 11 is 1.64. The molecule has 2 heterocycles. The van der Waals surface area contributed by atoms with Crippen LogP contribution >= 0.6 is 11.8 Å². The van der Waals surface area contributed by atoms with Crippen LogP contribution in [-0.4, -0.2) is 54.6 Å². The summed E-state index contributed by atoms with van der Waals surface area (Å²) in [6.07, 6.45) is 1.98. The van der Waals surface area contributed by atoms with Gasteiger partial charge in [0, 0.05) is 6.54 Å². The lowest BCUT2D eigenvalue weighted by atomic mass is 10.2. The molecule has 0 bridgehead atoms. The lowest BCUT2D eigenvalue weighted by Gasteiger charge is -2.33. The molecule has 0 radical (unpaired) electrons. The second-order valence-corrected chi connectivity index (χ2v) is 4.97. The molecule has 18 heavy (non-hydrogen) atoms. The first kappa shape index (κ1) is 13.5. The summed E-state index contributed by atoms with van der Waals surface area (Å²) in [7, 11) is 0. The van der Waals surface area contributed by atoms with E-state index in [9.17, 15) is 9.90 Å². The number of morpholine rings is 1. The molecular formula is C12H17NO4S. The van der Waals surface area contributed by atoms with Gasteiger partial charge in [-0.3, -0.25) is 4.79 Å². The number of amides is 1. The zero-order chi connectivity index (χ0) is 13.0. The Morgan fingerprint density at radius 1 is 1.61 bits per heavy atom. The molecule has 0 saturated carbocycles. The van der Waals surface area contributed by atoms with Gasteiger partial charge in [0.05, 0.1) is 31.6 Å². The van der Waals surface area contributed by atoms with E-state index in [4.69, 9.17) is 9.15 Å². The summed E-state index contributed by atoms with van der Waals surface area (Å²) in [6.45, 7) is 1.27. The Morgan fingerprint density at radius 2 is 2.44 bits per heavy atom. The van der Waals surface area contributed by atoms with Crippen molar-refractivity contribution in [2.24, 2.45) is 0 Å². The smallest absolute Gasteiger partial charge is 0.290 e. The number of aliphatic hydroxyl groups excluding tert-OH is 1. The molecule has 1 aromatic rings. The predicted octanol–water partition coefficient (Wildman–Crippen LogP) is 0.976. The van der Waals surface area contributed by atoms with Gasteiger partial charge in [0.1, 0.15) is 5.76 Å². The molecule has 1 aliphatic heterocycles. The lowest BCUT2D eigenvalue weighted by Crippen LogP contribution is -2.50. The first-order valence-corrected chi connectivity index (χ1v) is 7.23. The number of aliphatic hydroxyl groups is 1. The van der Waals surface area contributed by atoms with Crippen LogP contribution in [-0.2, 0) is 10.5 Å². The van der Waals surface area contributed by atoms with Crippen LogP contribution in [0.1, 0.15) is 16.3 Å². The number of rotatable bonds is 4. The van der Waals surface area contributed by atoms with Crippen LogP contribution in [0.2, 0.25) is 0 Å². The maximum absolute atomic E-state index is 12.2. The minimum atomic E-state index is -0.277. The van der Waals surface area contributed by atoms with E-state index in [2.05, 4.69) is 0 Å². The number of hydrogen-bond acceptors (Lipinski definition) is 5. The van der Waals surface area contributed by atoms with Crippen molar-refractivity contribution in [1.29, 1.82) is 0 Å². The van der Waals surface area contributed by atoms with E-state index in [0.29, 0.717) is 25.5 Å². The number of hydrogen-bond donors (Lipinski definition) is 1. The molecule has 1 fully saturated rings. The van der Waals surface area contributed by atoms with Gasteiger partial charge in [0.15, 0.2) is 5.76 Å². The highest BCUT2D eigenvalue weighted by atomic mass is 32.2. The molecule has 5 nitrogen and oxygen atoms in total. The van der Waals surface area contributed by atoms with E-state index in [1.807, 2.05) is 12.3 Å². The van der Waals surface area contributed by atoms with Gasteiger partial charge in [-0.05, 0) is 18.4 Å². The number of nitrogens with zero attached hydrogens (tertiary/aromatic N) is 1. The summed E-state index contributed by atoms with van der Waals surface area (Å²) in [6, 6.07) is 3.23. The average Bonchev–Trinajstić information content (AvgIpc) is 2.87. The molecule has 2 rings (SSSR count). The first-order valence-electron chi connectivity index (χ1n) is 5.83. The zero-order valence-corrected chi connectivity index (χ0v) is 11.1. The van der Waals surface area contributed by atoms with Gasteiger partial charge < -0.3 is 19.2 Å². The molecule has 0 aliphatic carbocycles. The Bertz CT molecular complexity index is 407. The van der Waals surface area contributed by atoms with E-state index in [1.165, 1.54) is 0 Å². The van der Waals surface area contributed by atoms with Crippen LogP contribution in [0.5, 0.6) is 0 Å². The Labute approximate surface area is 110 Å². The van der Waals surface area contributed by atoms with E-state index >= 15 is 0 Å². The molecule has 1 aromatic heterocycles. The number of thioether (sulfide) groups is 1. The molecule has 0 spiro atoms. The van der Waals surface area contributed by atoms with Crippen molar-refractivity contribution < 1.29 is 19.1 Å². The Morgan fingerprint density at radius 3 is 3.17 bits per heavy atom. The molecule has 1 amide bonds. The summed E-state index contributed by atoms with van der Waals surface area (Å²) < 4.78 is 10.7. The summed E-state index contributed by atoms with van der Waals surface area (Å²) in [5, 5.41) is 9.24. The number of carbonyl (C=O) groups is 1. The average molecular weight is 271 g/mol. The number of furan rings is 1. The molecule has 0 aromatic carbocycles. The van der Waals surface area contributed by atoms with Crippen molar-refractivity contribution in [2.75, 3.05) is 32.6 Å². The maximum atomic E-state index is 12.2. The fourth-order valence-electron chi connectivity index (χ4n) is 1.93. The minimum Gasteiger partial charge on any atom is -0.455 e. The van der Waals surface area contributed by atoms with Crippen molar-refractivity contribution in [1.82, 2.24) is 4.90 Å². The third-order valence-electron chi connectivity index (χ3n) is 2.86. The predicted molar refractivity (Wildman–Crippen MR) is 68.7 cm³/mol. The van der Waals surface area contributed by atoms with E-state index < -0.39 is 0 Å². The fourth-order valence-corrected chi connectivity index (χ4v) is 2.37. The first-order chi connectivity index (χ1) is 8.76. The van der Waals surface area contributed by atoms with Crippen LogP contribution in [0, 0.1) is 0 Å². The van der Waals surface area contributed by atoms with Crippen LogP contribution in [0.4, 0.5) is 0 Å². The molecule has 1 aliphatic rings. The second-order valence-electron chi connectivity index (χ2n) is 4.11. The zero-order valence-electron chi connectivity index (χ0n) is 10.3. The van der Waals surface area contributed by atoms with E-state index in [0.717, 1.165) is 11.5 Å². The lowest BCUT2D eigenvalue weighted by molar-refractivity contribution is -0.0197. The third kappa shape index (κ3) is 2.88. The Balaban J connectivity index is 2.08. The number of ether oxygens (including phenoxy) is 1. The van der Waals surface area contributed by atoms with Crippen molar-refractivity contribution in [2.45, 2.75) is 11.8 Å². The molecule has 6 heteroatoms. The molecular weight excluding hydrogens is 254 g/mol. The van der Waals surface area contributed by atoms with E-state index in [1.54, 1.807) is 22.7 Å². The quantitative estimate of drug-likeness (QED) is 0.884. The highest BCUT2D eigenvalue weighted by Gasteiger charge is 2.29. The standard InChI is InChI=1S/C12H17NO4S/c1-18-8-10-2-3-11(17-10)12(15)13-4-5-16-7-9(13)6-14/h2-3,9,14H,4-8H2,1H3. The largest absolute Gasteiger partial charge is 0.455 e. The molecule has 1 atom stereocenters. The highest BCUT2D eigenvalue weighted by Crippen LogP contribution is 2.17. The highest BCUT2D eigenvalue weighted by molar-refractivity contribution is 7.97. The van der Waals surface area contributed by atoms with Gasteiger partial charge in [0.2, 0.25) is 0 Å². The van der Waals surface area contributed by atoms with Crippen molar-refractivity contribution >= 4 is 17.7 Å². The SMILES string of the molecule is CSCc1ccc(C(=O)N2CCOCC2CO)o1. The third-order valence-corrected chi connectivity index (χ3v) is 3.43. The van der Waals surface area contributed by atoms with Gasteiger partial charge in [-0.25, -0.2) is 0 Å². The van der Waals surface area contributed by atoms with E-state index in [-0.39, 0.29) is 18.6 Å². The Kier molecular flexibility index (Phi) is 4.68. The summed E-state index contributed by atoms with van der Waals surface area (Å²) in [4.78, 5) is 13.9. The minimum absolute atomic E-state index is 0.0931. The summed E-state index contributed by atoms with van der Waals surface area (Å²) in [5.41, 5.74) is 0. The maximum Gasteiger partial charge on any atom is 0.290 e. The van der Waals surface area contributed by atoms with Gasteiger partial charge in [-0.15, -0.1) is 0 Å². The van der Waals surface area contributed by atoms with Crippen LogP contribution in [0.25, 0.3) is 0 Å². The number of carbonyl (C=O) groups excluding carboxylic acids is 1. The molecule has 100 valence electrons. The molecule has 1 saturated heterocycles. The fraction of sp³-hybridized carbons (Fsp3) is 0.583. The van der Waals surface area contributed by atoms with Crippen LogP contribution < -0.4 is 0 Å². The van der Waals surface area contributed by atoms with Crippen molar-refractivity contribution in [3.05, 3.63) is 23.7 Å². The monoisotopic (exact) mass is 271 g/mol. The summed E-state index contributed by atoms with van der Waals surface area (Å²) in [5.74, 6) is 1.70. The molecule has 1 unspecified atom stereocenters. The Hall–Kier alpha value is -0.980. The normalized spacial score (nSPS) is 20.1. The van der Waals surface area contributed by atoms with Gasteiger partial charge in [-0.2, -0.15) is 11.8 Å². The van der Waals surface area contributed by atoms with Gasteiger partial charge in [-0.1, -0.05) is 0 Å². The van der Waals surface area contributed by atoms with Crippen molar-refractivity contribution in [3.63, 3.8) is 0 Å². The van der Waals surface area contributed by atoms with Gasteiger partial charge in [0.25, 0.3) is 5.91 Å². The van der Waals surface area contributed by atoms with Crippen LogP contribution in [0.3, 0.4) is 0 Å². The van der Waals surface area contributed by atoms with Crippen LogP contribution in [0.15, 0.2) is 16.5 Å².